The summed E-state index contributed by atoms with van der Waals surface area (Å²) in [6.07, 6.45) is -1.57. The van der Waals surface area contributed by atoms with E-state index in [0.29, 0.717) is 50.9 Å². The van der Waals surface area contributed by atoms with Crippen LogP contribution >= 0.6 is 0 Å². The predicted octanol–water partition coefficient (Wildman–Crippen LogP) is 3.38. The van der Waals surface area contributed by atoms with E-state index >= 15 is 0 Å². The van der Waals surface area contributed by atoms with Crippen LogP contribution in [0.2, 0.25) is 0 Å². The van der Waals surface area contributed by atoms with Gasteiger partial charge in [0.1, 0.15) is 30.5 Å². The van der Waals surface area contributed by atoms with Crippen molar-refractivity contribution in [1.29, 1.82) is 0 Å². The first kappa shape index (κ1) is 18.5. The van der Waals surface area contributed by atoms with Crippen LogP contribution in [0, 0.1) is 11.8 Å². The van der Waals surface area contributed by atoms with Crippen LogP contribution < -0.4 is 5.32 Å². The molecule has 1 N–H and O–H groups in total. The molecule has 0 amide bonds. The zero-order valence-electron chi connectivity index (χ0n) is 15.1. The first-order valence-electron chi connectivity index (χ1n) is 10.2. The molecule has 2 aliphatic heterocycles. The van der Waals surface area contributed by atoms with Crippen LogP contribution in [0.1, 0.15) is 44.9 Å². The second-order valence-electron chi connectivity index (χ2n) is 8.38. The molecule has 4 aliphatic rings. The fraction of sp³-hybridized carbons (Fsp3) is 0.947. The number of nitrogens with one attached hydrogen (secondary N) is 1. The Hall–Kier alpha value is -0.850. The monoisotopic (exact) mass is 375 g/mol. The molecule has 6 unspecified atom stereocenters. The molecule has 0 aromatic heterocycles. The maximum atomic E-state index is 14.6. The van der Waals surface area contributed by atoms with Gasteiger partial charge in [0.05, 0.1) is 18.0 Å². The number of hydrogen-bond acceptors (Lipinski definition) is 3. The molecule has 2 heterocycles. The van der Waals surface area contributed by atoms with Crippen molar-refractivity contribution in [3.8, 4) is 0 Å². The van der Waals surface area contributed by atoms with Crippen LogP contribution in [0.3, 0.4) is 0 Å². The van der Waals surface area contributed by atoms with Crippen LogP contribution in [-0.2, 0) is 0 Å². The third kappa shape index (κ3) is 3.36. The fourth-order valence-electron chi connectivity index (χ4n) is 5.25. The summed E-state index contributed by atoms with van der Waals surface area (Å²) in [5.41, 5.74) is 0. The molecule has 0 aromatic rings. The number of piperidine rings is 1. The van der Waals surface area contributed by atoms with Crippen molar-refractivity contribution in [2.45, 2.75) is 81.7 Å². The number of nitrogens with zero attached hydrogens (tertiary/aromatic N) is 2. The smallest absolute Gasteiger partial charge is 0.113 e. The van der Waals surface area contributed by atoms with Crippen molar-refractivity contribution in [1.82, 2.24) is 10.2 Å². The molecule has 3 nitrogen and oxygen atoms in total. The Morgan fingerprint density at radius 3 is 2.15 bits per heavy atom. The summed E-state index contributed by atoms with van der Waals surface area (Å²) in [6, 6.07) is -0.0614. The zero-order valence-corrected chi connectivity index (χ0v) is 15.1. The molecule has 7 heteroatoms. The van der Waals surface area contributed by atoms with E-state index in [-0.39, 0.29) is 18.6 Å². The number of hydrogen-bond donors (Lipinski definition) is 1. The van der Waals surface area contributed by atoms with E-state index in [9.17, 15) is 17.6 Å². The molecule has 0 bridgehead atoms. The Morgan fingerprint density at radius 1 is 0.885 bits per heavy atom. The second-order valence-corrected chi connectivity index (χ2v) is 8.38. The van der Waals surface area contributed by atoms with Gasteiger partial charge in [-0.25, -0.2) is 17.6 Å². The van der Waals surface area contributed by atoms with Gasteiger partial charge in [-0.1, -0.05) is 0 Å². The number of alkyl halides is 4. The lowest BCUT2D eigenvalue weighted by atomic mass is 9.82. The molecule has 4 rings (SSSR count). The lowest BCUT2D eigenvalue weighted by Gasteiger charge is -2.41. The minimum Gasteiger partial charge on any atom is -0.353 e. The van der Waals surface area contributed by atoms with Gasteiger partial charge in [-0.05, 0) is 51.5 Å². The van der Waals surface area contributed by atoms with E-state index in [2.05, 4.69) is 5.32 Å². The summed E-state index contributed by atoms with van der Waals surface area (Å²) >= 11 is 0. The quantitative estimate of drug-likeness (QED) is 0.766. The molecule has 148 valence electrons. The van der Waals surface area contributed by atoms with Gasteiger partial charge >= 0.3 is 0 Å². The standard InChI is InChI=1S/C19H29F4N3/c20-12-3-1-4-13(21)11(12)10-26-17-9-24-8-7-16(17)25-19(26)18-14(22)5-2-6-15(18)23/h11-18,24H,1-10H2. The summed E-state index contributed by atoms with van der Waals surface area (Å²) in [6.45, 7) is 1.65. The molecule has 3 fully saturated rings. The Labute approximate surface area is 152 Å². The van der Waals surface area contributed by atoms with E-state index in [4.69, 9.17) is 4.99 Å². The number of amidine groups is 1. The van der Waals surface area contributed by atoms with Crippen LogP contribution in [0.5, 0.6) is 0 Å². The summed E-state index contributed by atoms with van der Waals surface area (Å²) in [5.74, 6) is -1.17. The van der Waals surface area contributed by atoms with Crippen molar-refractivity contribution < 1.29 is 17.6 Å². The summed E-state index contributed by atoms with van der Waals surface area (Å²) < 4.78 is 58.1. The van der Waals surface area contributed by atoms with Crippen LogP contribution in [0.15, 0.2) is 4.99 Å². The topological polar surface area (TPSA) is 27.6 Å². The molecule has 6 atom stereocenters. The average molecular weight is 375 g/mol. The number of rotatable bonds is 3. The predicted molar refractivity (Wildman–Crippen MR) is 93.5 cm³/mol. The average Bonchev–Trinajstić information content (AvgIpc) is 2.96. The molecule has 1 saturated heterocycles. The minimum absolute atomic E-state index is 0.0210. The maximum absolute atomic E-state index is 14.6. The van der Waals surface area contributed by atoms with Gasteiger partial charge in [0.25, 0.3) is 0 Å². The van der Waals surface area contributed by atoms with E-state index in [1.807, 2.05) is 4.90 Å². The Bertz CT molecular complexity index is 511. The molecule has 2 saturated carbocycles. The zero-order chi connectivity index (χ0) is 18.3. The lowest BCUT2D eigenvalue weighted by Crippen LogP contribution is -2.56. The van der Waals surface area contributed by atoms with Gasteiger partial charge in [0, 0.05) is 19.0 Å². The number of aliphatic imine (C=N–C) groups is 1. The first-order valence-corrected chi connectivity index (χ1v) is 10.2. The molecule has 2 aliphatic carbocycles. The van der Waals surface area contributed by atoms with Crippen LogP contribution in [-0.4, -0.2) is 67.1 Å². The highest BCUT2D eigenvalue weighted by molar-refractivity contribution is 5.88. The van der Waals surface area contributed by atoms with E-state index in [1.54, 1.807) is 0 Å². The third-order valence-electron chi connectivity index (χ3n) is 6.74. The van der Waals surface area contributed by atoms with Crippen molar-refractivity contribution in [2.75, 3.05) is 19.6 Å². The van der Waals surface area contributed by atoms with Gasteiger partial charge in [0.2, 0.25) is 0 Å². The Kier molecular flexibility index (Phi) is 5.44. The third-order valence-corrected chi connectivity index (χ3v) is 6.74. The Balaban J connectivity index is 1.59. The van der Waals surface area contributed by atoms with Crippen LogP contribution in [0.25, 0.3) is 0 Å². The second kappa shape index (κ2) is 7.64. The van der Waals surface area contributed by atoms with Crippen molar-refractivity contribution in [3.63, 3.8) is 0 Å². The molecular weight excluding hydrogens is 346 g/mol. The van der Waals surface area contributed by atoms with Gasteiger partial charge in [-0.2, -0.15) is 0 Å². The maximum Gasteiger partial charge on any atom is 0.113 e. The molecule has 26 heavy (non-hydrogen) atoms. The van der Waals surface area contributed by atoms with Gasteiger partial charge in [-0.3, -0.25) is 4.99 Å². The molecule has 0 spiro atoms. The van der Waals surface area contributed by atoms with Crippen molar-refractivity contribution >= 4 is 5.84 Å². The van der Waals surface area contributed by atoms with Gasteiger partial charge < -0.3 is 10.2 Å². The van der Waals surface area contributed by atoms with Crippen molar-refractivity contribution in [2.24, 2.45) is 16.8 Å². The molecule has 0 aromatic carbocycles. The molecule has 0 radical (unpaired) electrons. The highest BCUT2D eigenvalue weighted by atomic mass is 19.2. The highest BCUT2D eigenvalue weighted by Crippen LogP contribution is 2.38. The van der Waals surface area contributed by atoms with E-state index in [1.165, 1.54) is 0 Å². The number of halogens is 4. The number of fused-ring (bicyclic) bond motifs is 1. The largest absolute Gasteiger partial charge is 0.353 e. The molecular formula is C19H29F4N3. The summed E-state index contributed by atoms with van der Waals surface area (Å²) in [7, 11) is 0. The normalized spacial score (nSPS) is 46.8. The van der Waals surface area contributed by atoms with Gasteiger partial charge in [0.15, 0.2) is 0 Å². The van der Waals surface area contributed by atoms with Gasteiger partial charge in [-0.15, -0.1) is 0 Å². The van der Waals surface area contributed by atoms with E-state index < -0.39 is 36.5 Å². The SMILES string of the molecule is FC1CCCC(F)C1CN1C(C2C(F)CCCC2F)=NC2CCNCC21. The minimum atomic E-state index is -1.26. The fourth-order valence-corrected chi connectivity index (χ4v) is 5.25. The summed E-state index contributed by atoms with van der Waals surface area (Å²) in [4.78, 5) is 6.59. The van der Waals surface area contributed by atoms with E-state index in [0.717, 1.165) is 13.0 Å². The lowest BCUT2D eigenvalue weighted by molar-refractivity contribution is 0.0478. The van der Waals surface area contributed by atoms with Crippen molar-refractivity contribution in [3.05, 3.63) is 0 Å². The van der Waals surface area contributed by atoms with Crippen LogP contribution in [0.4, 0.5) is 17.6 Å². The first-order chi connectivity index (χ1) is 12.6. The highest BCUT2D eigenvalue weighted by Gasteiger charge is 2.48. The summed E-state index contributed by atoms with van der Waals surface area (Å²) in [5, 5.41) is 3.30. The Morgan fingerprint density at radius 2 is 1.50 bits per heavy atom.